The van der Waals surface area contributed by atoms with Gasteiger partial charge in [0.15, 0.2) is 5.69 Å². The van der Waals surface area contributed by atoms with Crippen LogP contribution in [0.3, 0.4) is 0 Å². The number of rotatable bonds is 5. The number of halogens is 6. The van der Waals surface area contributed by atoms with Crippen molar-refractivity contribution in [1.82, 2.24) is 25.0 Å². The molecule has 0 aliphatic rings. The first-order valence-corrected chi connectivity index (χ1v) is 8.86. The summed E-state index contributed by atoms with van der Waals surface area (Å²) in [6.07, 6.45) is -7.19. The number of aromatic nitrogens is 4. The first kappa shape index (κ1) is 23.2. The molecule has 0 N–H and O–H groups in total. The molecule has 0 unspecified atom stereocenters. The maximum Gasteiger partial charge on any atom is 0.416 e. The van der Waals surface area contributed by atoms with Gasteiger partial charge in [0, 0.05) is 25.0 Å². The topological polar surface area (TPSA) is 73.1 Å². The van der Waals surface area contributed by atoms with Crippen molar-refractivity contribution in [2.75, 3.05) is 14.2 Å². The molecular formula is C19H15F6N5O2. The highest BCUT2D eigenvalue weighted by molar-refractivity contribution is 5.97. The summed E-state index contributed by atoms with van der Waals surface area (Å²) in [5.74, 6) is -0.724. The van der Waals surface area contributed by atoms with Gasteiger partial charge in [-0.2, -0.15) is 26.3 Å². The minimum atomic E-state index is -4.99. The first-order valence-electron chi connectivity index (χ1n) is 8.86. The quantitative estimate of drug-likeness (QED) is 0.425. The zero-order valence-corrected chi connectivity index (χ0v) is 16.6. The van der Waals surface area contributed by atoms with Crippen LogP contribution in [0.4, 0.5) is 26.3 Å². The second-order valence-corrected chi connectivity index (χ2v) is 6.59. The summed E-state index contributed by atoms with van der Waals surface area (Å²) in [6.45, 7) is -0.520. The molecule has 170 valence electrons. The Morgan fingerprint density at radius 1 is 1.09 bits per heavy atom. The zero-order valence-electron chi connectivity index (χ0n) is 16.6. The van der Waals surface area contributed by atoms with Crippen molar-refractivity contribution in [1.29, 1.82) is 0 Å². The van der Waals surface area contributed by atoms with Crippen LogP contribution in [0.15, 0.2) is 42.7 Å². The highest BCUT2D eigenvalue weighted by atomic mass is 19.4. The van der Waals surface area contributed by atoms with Crippen LogP contribution in [0.2, 0.25) is 0 Å². The molecule has 0 radical (unpaired) electrons. The largest absolute Gasteiger partial charge is 0.416 e. The Kier molecular flexibility index (Phi) is 6.21. The Balaban J connectivity index is 2.14. The van der Waals surface area contributed by atoms with E-state index in [4.69, 9.17) is 4.84 Å². The summed E-state index contributed by atoms with van der Waals surface area (Å²) in [6, 6.07) is 4.29. The van der Waals surface area contributed by atoms with Gasteiger partial charge in [-0.3, -0.25) is 14.6 Å². The van der Waals surface area contributed by atoms with E-state index in [9.17, 15) is 31.1 Å². The van der Waals surface area contributed by atoms with E-state index in [0.29, 0.717) is 17.7 Å². The standard InChI is InChI=1S/C19H15F6N5O2/c1-29(32-2)17(31)15-16(12-4-3-5-26-9-12)30(28-27-15)10-11-6-13(18(20,21)22)8-14(7-11)19(23,24)25/h3-9H,10H2,1-2H3. The third-order valence-electron chi connectivity index (χ3n) is 4.41. The summed E-state index contributed by atoms with van der Waals surface area (Å²) in [4.78, 5) is 21.3. The number of hydrogen-bond donors (Lipinski definition) is 0. The van der Waals surface area contributed by atoms with Gasteiger partial charge in [-0.05, 0) is 35.9 Å². The van der Waals surface area contributed by atoms with Crippen molar-refractivity contribution in [2.45, 2.75) is 18.9 Å². The van der Waals surface area contributed by atoms with Crippen molar-refractivity contribution in [3.05, 3.63) is 65.1 Å². The van der Waals surface area contributed by atoms with Crippen LogP contribution in [-0.2, 0) is 23.7 Å². The molecule has 32 heavy (non-hydrogen) atoms. The van der Waals surface area contributed by atoms with E-state index < -0.39 is 35.9 Å². The molecule has 2 aromatic heterocycles. The third-order valence-corrected chi connectivity index (χ3v) is 4.41. The molecule has 0 bridgehead atoms. The lowest BCUT2D eigenvalue weighted by molar-refractivity contribution is -0.143. The average Bonchev–Trinajstić information content (AvgIpc) is 3.15. The average molecular weight is 459 g/mol. The van der Waals surface area contributed by atoms with E-state index in [0.717, 1.165) is 9.75 Å². The summed E-state index contributed by atoms with van der Waals surface area (Å²) < 4.78 is 80.1. The fourth-order valence-corrected chi connectivity index (χ4v) is 2.87. The van der Waals surface area contributed by atoms with Crippen molar-refractivity contribution < 1.29 is 36.0 Å². The fourth-order valence-electron chi connectivity index (χ4n) is 2.87. The number of hydroxylamine groups is 2. The van der Waals surface area contributed by atoms with Gasteiger partial charge in [-0.15, -0.1) is 5.10 Å². The van der Waals surface area contributed by atoms with Gasteiger partial charge < -0.3 is 0 Å². The minimum absolute atomic E-state index is 0.0371. The van der Waals surface area contributed by atoms with Crippen LogP contribution in [-0.4, -0.2) is 45.1 Å². The van der Waals surface area contributed by atoms with Crippen LogP contribution in [0.5, 0.6) is 0 Å². The zero-order chi connectivity index (χ0) is 23.7. The molecule has 1 amide bonds. The smallest absolute Gasteiger partial charge is 0.274 e. The van der Waals surface area contributed by atoms with Gasteiger partial charge in [0.1, 0.15) is 5.69 Å². The van der Waals surface area contributed by atoms with E-state index in [-0.39, 0.29) is 23.0 Å². The van der Waals surface area contributed by atoms with Crippen molar-refractivity contribution in [3.8, 4) is 11.3 Å². The number of alkyl halides is 6. The Morgan fingerprint density at radius 2 is 1.72 bits per heavy atom. The molecule has 3 aromatic rings. The number of pyridine rings is 1. The lowest BCUT2D eigenvalue weighted by Crippen LogP contribution is -2.26. The molecule has 1 aromatic carbocycles. The molecule has 0 saturated carbocycles. The highest BCUT2D eigenvalue weighted by Gasteiger charge is 2.37. The molecular weight excluding hydrogens is 444 g/mol. The molecule has 0 fully saturated rings. The monoisotopic (exact) mass is 459 g/mol. The van der Waals surface area contributed by atoms with Crippen molar-refractivity contribution in [2.24, 2.45) is 0 Å². The molecule has 0 spiro atoms. The van der Waals surface area contributed by atoms with Crippen LogP contribution >= 0.6 is 0 Å². The minimum Gasteiger partial charge on any atom is -0.274 e. The number of benzene rings is 1. The maximum atomic E-state index is 13.2. The number of hydrogen-bond acceptors (Lipinski definition) is 5. The SMILES string of the molecule is CON(C)C(=O)c1nnn(Cc2cc(C(F)(F)F)cc(C(F)(F)F)c2)c1-c1cccnc1. The fraction of sp³-hybridized carbons (Fsp3) is 0.263. The molecule has 2 heterocycles. The lowest BCUT2D eigenvalue weighted by atomic mass is 10.0. The summed E-state index contributed by atoms with van der Waals surface area (Å²) in [5.41, 5.74) is -3.08. The number of amides is 1. The number of carbonyl (C=O) groups excluding carboxylic acids is 1. The van der Waals surface area contributed by atoms with Crippen molar-refractivity contribution in [3.63, 3.8) is 0 Å². The number of nitrogens with zero attached hydrogens (tertiary/aromatic N) is 5. The van der Waals surface area contributed by atoms with Crippen LogP contribution in [0.1, 0.15) is 27.2 Å². The van der Waals surface area contributed by atoms with Crippen LogP contribution in [0, 0.1) is 0 Å². The van der Waals surface area contributed by atoms with Crippen LogP contribution < -0.4 is 0 Å². The third kappa shape index (κ3) is 4.88. The summed E-state index contributed by atoms with van der Waals surface area (Å²) in [5, 5.41) is 8.40. The van der Waals surface area contributed by atoms with E-state index in [1.807, 2.05) is 0 Å². The Labute approximate surface area is 177 Å². The van der Waals surface area contributed by atoms with Crippen molar-refractivity contribution >= 4 is 5.91 Å². The molecule has 7 nitrogen and oxygen atoms in total. The predicted molar refractivity (Wildman–Crippen MR) is 97.9 cm³/mol. The molecule has 13 heteroatoms. The van der Waals surface area contributed by atoms with E-state index >= 15 is 0 Å². The normalized spacial score (nSPS) is 12.1. The second-order valence-electron chi connectivity index (χ2n) is 6.59. The van der Waals surface area contributed by atoms with Gasteiger partial charge in [-0.25, -0.2) is 9.75 Å². The summed E-state index contributed by atoms with van der Waals surface area (Å²) in [7, 11) is 2.53. The van der Waals surface area contributed by atoms with E-state index in [1.165, 1.54) is 32.6 Å². The first-order chi connectivity index (χ1) is 14.9. The second kappa shape index (κ2) is 8.57. The van der Waals surface area contributed by atoms with Gasteiger partial charge in [-0.1, -0.05) is 5.21 Å². The van der Waals surface area contributed by atoms with Crippen LogP contribution in [0.25, 0.3) is 11.3 Å². The summed E-state index contributed by atoms with van der Waals surface area (Å²) >= 11 is 0. The molecule has 0 atom stereocenters. The number of carbonyl (C=O) groups is 1. The lowest BCUT2D eigenvalue weighted by Gasteiger charge is -2.15. The maximum absolute atomic E-state index is 13.2. The van der Waals surface area contributed by atoms with Gasteiger partial charge in [0.25, 0.3) is 5.91 Å². The highest BCUT2D eigenvalue weighted by Crippen LogP contribution is 2.36. The Hall–Kier alpha value is -3.48. The van der Waals surface area contributed by atoms with Gasteiger partial charge >= 0.3 is 12.4 Å². The molecule has 0 aliphatic carbocycles. The molecule has 0 aliphatic heterocycles. The molecule has 3 rings (SSSR count). The Morgan fingerprint density at radius 3 is 2.22 bits per heavy atom. The van der Waals surface area contributed by atoms with E-state index in [1.54, 1.807) is 6.07 Å². The molecule has 0 saturated heterocycles. The van der Waals surface area contributed by atoms with E-state index in [2.05, 4.69) is 15.3 Å². The van der Waals surface area contributed by atoms with Gasteiger partial charge in [0.2, 0.25) is 0 Å². The predicted octanol–water partition coefficient (Wildman–Crippen LogP) is 4.06. The van der Waals surface area contributed by atoms with Gasteiger partial charge in [0.05, 0.1) is 24.8 Å². The Bertz CT molecular complexity index is 1080.